The normalized spacial score (nSPS) is 11.3. The summed E-state index contributed by atoms with van der Waals surface area (Å²) in [6.07, 6.45) is 0. The van der Waals surface area contributed by atoms with E-state index in [2.05, 4.69) is 5.32 Å². The van der Waals surface area contributed by atoms with Crippen molar-refractivity contribution in [2.24, 2.45) is 0 Å². The number of ether oxygens (including phenoxy) is 1. The zero-order valence-corrected chi connectivity index (χ0v) is 12.9. The lowest BCUT2D eigenvalue weighted by Crippen LogP contribution is -2.47. The number of nitrogens with zero attached hydrogens (tertiary/aromatic N) is 2. The molecule has 4 amide bonds. The highest BCUT2D eigenvalue weighted by atomic mass is 16.5. The summed E-state index contributed by atoms with van der Waals surface area (Å²) in [5, 5.41) is 11.6. The van der Waals surface area contributed by atoms with Crippen molar-refractivity contribution in [1.29, 1.82) is 0 Å². The lowest BCUT2D eigenvalue weighted by Gasteiger charge is -2.23. The van der Waals surface area contributed by atoms with Crippen molar-refractivity contribution in [2.75, 3.05) is 28.3 Å². The van der Waals surface area contributed by atoms with Gasteiger partial charge in [0, 0.05) is 21.1 Å². The SMILES string of the molecule is COc1ccc(C(NC(=O)N(C)C(=O)N(C)C)C(=O)O)cc1. The van der Waals surface area contributed by atoms with Crippen molar-refractivity contribution in [3.63, 3.8) is 0 Å². The molecule has 8 heteroatoms. The minimum Gasteiger partial charge on any atom is -0.497 e. The first-order valence-electron chi connectivity index (χ1n) is 6.40. The molecule has 0 saturated carbocycles. The number of nitrogens with one attached hydrogen (secondary N) is 1. The van der Waals surface area contributed by atoms with Gasteiger partial charge in [0.2, 0.25) is 0 Å². The molecule has 2 N–H and O–H groups in total. The second-order valence-electron chi connectivity index (χ2n) is 4.73. The number of imide groups is 1. The number of hydrogen-bond donors (Lipinski definition) is 2. The number of amides is 4. The predicted molar refractivity (Wildman–Crippen MR) is 78.7 cm³/mol. The number of carbonyl (C=O) groups is 3. The lowest BCUT2D eigenvalue weighted by atomic mass is 10.1. The molecule has 1 atom stereocenters. The zero-order valence-electron chi connectivity index (χ0n) is 12.9. The third-order valence-electron chi connectivity index (χ3n) is 2.94. The van der Waals surface area contributed by atoms with Gasteiger partial charge in [-0.1, -0.05) is 12.1 Å². The van der Waals surface area contributed by atoms with Crippen molar-refractivity contribution in [2.45, 2.75) is 6.04 Å². The van der Waals surface area contributed by atoms with Crippen molar-refractivity contribution < 1.29 is 24.2 Å². The Labute approximate surface area is 128 Å². The minimum absolute atomic E-state index is 0.368. The fraction of sp³-hybridized carbons (Fsp3) is 0.357. The van der Waals surface area contributed by atoms with Crippen LogP contribution in [0.25, 0.3) is 0 Å². The molecule has 22 heavy (non-hydrogen) atoms. The summed E-state index contributed by atoms with van der Waals surface area (Å²) in [6, 6.07) is 3.62. The van der Waals surface area contributed by atoms with E-state index in [0.717, 1.165) is 4.90 Å². The highest BCUT2D eigenvalue weighted by Crippen LogP contribution is 2.18. The van der Waals surface area contributed by atoms with Gasteiger partial charge in [-0.2, -0.15) is 0 Å². The Hall–Kier alpha value is -2.77. The number of urea groups is 2. The van der Waals surface area contributed by atoms with E-state index in [-0.39, 0.29) is 0 Å². The molecule has 0 bridgehead atoms. The first-order chi connectivity index (χ1) is 10.3. The van der Waals surface area contributed by atoms with Gasteiger partial charge < -0.3 is 20.1 Å². The van der Waals surface area contributed by atoms with E-state index in [4.69, 9.17) is 4.74 Å². The first-order valence-corrected chi connectivity index (χ1v) is 6.40. The minimum atomic E-state index is -1.27. The van der Waals surface area contributed by atoms with Gasteiger partial charge in [-0.05, 0) is 17.7 Å². The molecule has 0 saturated heterocycles. The van der Waals surface area contributed by atoms with Crippen LogP contribution >= 0.6 is 0 Å². The summed E-state index contributed by atoms with van der Waals surface area (Å²) < 4.78 is 4.99. The van der Waals surface area contributed by atoms with E-state index < -0.39 is 24.1 Å². The number of aliphatic carboxylic acids is 1. The fourth-order valence-electron chi connectivity index (χ4n) is 1.69. The summed E-state index contributed by atoms with van der Waals surface area (Å²) in [6.45, 7) is 0. The Morgan fingerprint density at radius 3 is 2.09 bits per heavy atom. The van der Waals surface area contributed by atoms with Gasteiger partial charge in [0.1, 0.15) is 5.75 Å². The van der Waals surface area contributed by atoms with Gasteiger partial charge in [0.25, 0.3) is 0 Å². The van der Waals surface area contributed by atoms with Crippen LogP contribution in [0.4, 0.5) is 9.59 Å². The first kappa shape index (κ1) is 17.3. The van der Waals surface area contributed by atoms with Crippen LogP contribution in [0.5, 0.6) is 5.75 Å². The third kappa shape index (κ3) is 4.11. The Kier molecular flexibility index (Phi) is 5.73. The van der Waals surface area contributed by atoms with Crippen LogP contribution in [0.3, 0.4) is 0 Å². The molecule has 0 aliphatic rings. The summed E-state index contributed by atoms with van der Waals surface area (Å²) in [5.41, 5.74) is 0.368. The maximum Gasteiger partial charge on any atom is 0.330 e. The lowest BCUT2D eigenvalue weighted by molar-refractivity contribution is -0.139. The van der Waals surface area contributed by atoms with Crippen molar-refractivity contribution >= 4 is 18.0 Å². The molecule has 0 spiro atoms. The zero-order chi connectivity index (χ0) is 16.9. The number of carbonyl (C=O) groups excluding carboxylic acids is 2. The van der Waals surface area contributed by atoms with Gasteiger partial charge in [-0.25, -0.2) is 19.3 Å². The second kappa shape index (κ2) is 7.30. The number of carboxylic acids is 1. The molecule has 8 nitrogen and oxygen atoms in total. The van der Waals surface area contributed by atoms with Crippen LogP contribution < -0.4 is 10.1 Å². The second-order valence-corrected chi connectivity index (χ2v) is 4.73. The van der Waals surface area contributed by atoms with Crippen molar-refractivity contribution in [3.8, 4) is 5.75 Å². The van der Waals surface area contributed by atoms with E-state index >= 15 is 0 Å². The van der Waals surface area contributed by atoms with Crippen LogP contribution in [0.2, 0.25) is 0 Å². The van der Waals surface area contributed by atoms with Gasteiger partial charge >= 0.3 is 18.0 Å². The molecule has 1 aromatic rings. The average Bonchev–Trinajstić information content (AvgIpc) is 2.50. The van der Waals surface area contributed by atoms with Gasteiger partial charge in [0.15, 0.2) is 6.04 Å². The number of carboxylic acid groups (broad SMARTS) is 1. The van der Waals surface area contributed by atoms with Crippen LogP contribution in [0.1, 0.15) is 11.6 Å². The van der Waals surface area contributed by atoms with Crippen molar-refractivity contribution in [3.05, 3.63) is 29.8 Å². The number of benzene rings is 1. The molecule has 0 radical (unpaired) electrons. The maximum absolute atomic E-state index is 12.0. The molecule has 1 rings (SSSR count). The summed E-state index contributed by atoms with van der Waals surface area (Å²) >= 11 is 0. The molecule has 1 unspecified atom stereocenters. The van der Waals surface area contributed by atoms with Crippen LogP contribution in [-0.4, -0.2) is 61.2 Å². The van der Waals surface area contributed by atoms with Gasteiger partial charge in [-0.3, -0.25) is 0 Å². The molecule has 1 aromatic carbocycles. The Morgan fingerprint density at radius 1 is 1.14 bits per heavy atom. The smallest absolute Gasteiger partial charge is 0.330 e. The van der Waals surface area contributed by atoms with E-state index in [1.165, 1.54) is 45.3 Å². The topological polar surface area (TPSA) is 99.2 Å². The molecule has 0 heterocycles. The fourth-order valence-corrected chi connectivity index (χ4v) is 1.69. The molecular weight excluding hydrogens is 290 g/mol. The van der Waals surface area contributed by atoms with E-state index in [0.29, 0.717) is 11.3 Å². The highest BCUT2D eigenvalue weighted by molar-refractivity contribution is 5.94. The van der Waals surface area contributed by atoms with E-state index in [1.807, 2.05) is 0 Å². The third-order valence-corrected chi connectivity index (χ3v) is 2.94. The summed E-state index contributed by atoms with van der Waals surface area (Å²) in [4.78, 5) is 37.0. The number of methoxy groups -OCH3 is 1. The Balaban J connectivity index is 2.90. The molecule has 0 fully saturated rings. The molecule has 0 aliphatic heterocycles. The van der Waals surface area contributed by atoms with Gasteiger partial charge in [-0.15, -0.1) is 0 Å². The number of rotatable bonds is 4. The molecular formula is C14H19N3O5. The van der Waals surface area contributed by atoms with Crippen LogP contribution in [0, 0.1) is 0 Å². The average molecular weight is 309 g/mol. The van der Waals surface area contributed by atoms with Crippen LogP contribution in [0.15, 0.2) is 24.3 Å². The molecule has 0 aliphatic carbocycles. The predicted octanol–water partition coefficient (Wildman–Crippen LogP) is 1.14. The monoisotopic (exact) mass is 309 g/mol. The van der Waals surface area contributed by atoms with E-state index in [9.17, 15) is 19.5 Å². The van der Waals surface area contributed by atoms with Crippen molar-refractivity contribution in [1.82, 2.24) is 15.1 Å². The summed E-state index contributed by atoms with van der Waals surface area (Å²) in [5.74, 6) is -0.664. The number of hydrogen-bond acceptors (Lipinski definition) is 4. The maximum atomic E-state index is 12.0. The van der Waals surface area contributed by atoms with E-state index in [1.54, 1.807) is 12.1 Å². The Bertz CT molecular complexity index is 556. The summed E-state index contributed by atoms with van der Waals surface area (Å²) in [7, 11) is 5.74. The molecule has 0 aromatic heterocycles. The molecule has 120 valence electrons. The Morgan fingerprint density at radius 2 is 1.68 bits per heavy atom. The quantitative estimate of drug-likeness (QED) is 0.869. The largest absolute Gasteiger partial charge is 0.497 e. The van der Waals surface area contributed by atoms with Crippen LogP contribution in [-0.2, 0) is 4.79 Å². The van der Waals surface area contributed by atoms with Gasteiger partial charge in [0.05, 0.1) is 7.11 Å². The highest BCUT2D eigenvalue weighted by Gasteiger charge is 2.26. The standard InChI is InChI=1S/C14H19N3O5/c1-16(2)14(21)17(3)13(20)15-11(12(18)19)9-5-7-10(22-4)8-6-9/h5-8,11H,1-4H3,(H,15,20)(H,18,19).